The zero-order chi connectivity index (χ0) is 14.2. The highest BCUT2D eigenvalue weighted by atomic mass is 16.5. The number of nitrogens with one attached hydrogen (secondary N) is 1. The third-order valence-electron chi connectivity index (χ3n) is 2.32. The van der Waals surface area contributed by atoms with Crippen LogP contribution in [0.15, 0.2) is 59.7 Å². The maximum Gasteiger partial charge on any atom is 0.237 e. The van der Waals surface area contributed by atoms with Gasteiger partial charge in [-0.15, -0.1) is 0 Å². The molecule has 0 radical (unpaired) electrons. The molecule has 0 saturated heterocycles. The van der Waals surface area contributed by atoms with Gasteiger partial charge >= 0.3 is 0 Å². The molecule has 0 fully saturated rings. The highest BCUT2D eigenvalue weighted by Gasteiger charge is 1.99. The van der Waals surface area contributed by atoms with E-state index < -0.39 is 0 Å². The zero-order valence-corrected chi connectivity index (χ0v) is 10.4. The minimum absolute atomic E-state index is 0.237. The first-order chi connectivity index (χ1) is 9.81. The highest BCUT2D eigenvalue weighted by Crippen LogP contribution is 2.23. The number of anilines is 1. The van der Waals surface area contributed by atoms with Crippen molar-refractivity contribution in [1.29, 1.82) is 10.5 Å². The van der Waals surface area contributed by atoms with Gasteiger partial charge in [-0.05, 0) is 24.3 Å². The second-order valence-electron chi connectivity index (χ2n) is 3.74. The first-order valence-electron chi connectivity index (χ1n) is 5.78. The van der Waals surface area contributed by atoms with Gasteiger partial charge in [0.05, 0.1) is 5.69 Å². The molecular formula is C15H10N4O. The van der Waals surface area contributed by atoms with Gasteiger partial charge in [0.2, 0.25) is 5.71 Å². The molecule has 2 aromatic carbocycles. The molecule has 5 nitrogen and oxygen atoms in total. The van der Waals surface area contributed by atoms with Gasteiger partial charge in [-0.25, -0.2) is 0 Å². The lowest BCUT2D eigenvalue weighted by molar-refractivity contribution is 0.483. The molecule has 0 spiro atoms. The molecule has 1 N–H and O–H groups in total. The van der Waals surface area contributed by atoms with E-state index in [1.807, 2.05) is 30.3 Å². The number of nitrogens with zero attached hydrogens (tertiary/aromatic N) is 3. The van der Waals surface area contributed by atoms with Crippen molar-refractivity contribution in [3.63, 3.8) is 0 Å². The molecule has 0 aliphatic rings. The van der Waals surface area contributed by atoms with Crippen LogP contribution in [0.3, 0.4) is 0 Å². The number of hydrogen-bond acceptors (Lipinski definition) is 5. The summed E-state index contributed by atoms with van der Waals surface area (Å²) in [5, 5.41) is 20.8. The predicted octanol–water partition coefficient (Wildman–Crippen LogP) is 3.29. The van der Waals surface area contributed by atoms with Crippen LogP contribution in [0, 0.1) is 22.7 Å². The van der Waals surface area contributed by atoms with Crippen molar-refractivity contribution in [2.24, 2.45) is 5.10 Å². The van der Waals surface area contributed by atoms with Gasteiger partial charge in [0.1, 0.15) is 23.6 Å². The summed E-state index contributed by atoms with van der Waals surface area (Å²) in [4.78, 5) is 0. The lowest BCUT2D eigenvalue weighted by Gasteiger charge is -2.07. The maximum atomic E-state index is 8.59. The lowest BCUT2D eigenvalue weighted by Crippen LogP contribution is -1.96. The highest BCUT2D eigenvalue weighted by molar-refractivity contribution is 6.10. The average Bonchev–Trinajstić information content (AvgIpc) is 2.50. The summed E-state index contributed by atoms with van der Waals surface area (Å²) < 4.78 is 5.66. The molecule has 0 heterocycles. The molecule has 0 bridgehead atoms. The maximum absolute atomic E-state index is 8.59. The SMILES string of the molecule is N#CC(C#N)=NNc1cccc(Oc2ccccc2)c1. The molecule has 0 saturated carbocycles. The van der Waals surface area contributed by atoms with Crippen molar-refractivity contribution in [2.45, 2.75) is 0 Å². The van der Waals surface area contributed by atoms with Crippen molar-refractivity contribution >= 4 is 11.4 Å². The summed E-state index contributed by atoms with van der Waals surface area (Å²) in [5.41, 5.74) is 3.03. The standard InChI is InChI=1S/C15H10N4O/c16-10-13(11-17)19-18-12-5-4-8-15(9-12)20-14-6-2-1-3-7-14/h1-9,18H. The number of hydrogen-bond donors (Lipinski definition) is 1. The normalized spacial score (nSPS) is 8.90. The van der Waals surface area contributed by atoms with Crippen molar-refractivity contribution < 1.29 is 4.74 Å². The Labute approximate surface area is 116 Å². The van der Waals surface area contributed by atoms with Gasteiger partial charge in [-0.3, -0.25) is 5.43 Å². The number of hydrazone groups is 1. The molecule has 0 aliphatic heterocycles. The van der Waals surface area contributed by atoms with Gasteiger partial charge < -0.3 is 4.74 Å². The fraction of sp³-hybridized carbons (Fsp3) is 0. The van der Waals surface area contributed by atoms with Crippen LogP contribution >= 0.6 is 0 Å². The van der Waals surface area contributed by atoms with Crippen LogP contribution in [0.4, 0.5) is 5.69 Å². The summed E-state index contributed by atoms with van der Waals surface area (Å²) in [6.07, 6.45) is 0. The van der Waals surface area contributed by atoms with Crippen LogP contribution in [-0.2, 0) is 0 Å². The molecule has 5 heteroatoms. The third-order valence-corrected chi connectivity index (χ3v) is 2.32. The zero-order valence-electron chi connectivity index (χ0n) is 10.4. The van der Waals surface area contributed by atoms with Crippen molar-refractivity contribution in [3.05, 3.63) is 54.6 Å². The molecule has 0 unspecified atom stereocenters. The van der Waals surface area contributed by atoms with Crippen LogP contribution in [0.2, 0.25) is 0 Å². The quantitative estimate of drug-likeness (QED) is 0.677. The van der Waals surface area contributed by atoms with Crippen LogP contribution in [0.25, 0.3) is 0 Å². The van der Waals surface area contributed by atoms with E-state index in [1.54, 1.807) is 36.4 Å². The summed E-state index contributed by atoms with van der Waals surface area (Å²) in [7, 11) is 0. The first-order valence-corrected chi connectivity index (χ1v) is 5.78. The summed E-state index contributed by atoms with van der Waals surface area (Å²) in [6.45, 7) is 0. The van der Waals surface area contributed by atoms with E-state index >= 15 is 0 Å². The van der Waals surface area contributed by atoms with E-state index in [-0.39, 0.29) is 5.71 Å². The van der Waals surface area contributed by atoms with Gasteiger partial charge in [-0.2, -0.15) is 15.6 Å². The Bertz CT molecular complexity index is 680. The Hall–Kier alpha value is -3.31. The second kappa shape index (κ2) is 6.58. The number of rotatable bonds is 4. The molecule has 0 atom stereocenters. The molecule has 2 aromatic rings. The fourth-order valence-electron chi connectivity index (χ4n) is 1.45. The third kappa shape index (κ3) is 3.59. The fourth-order valence-corrected chi connectivity index (χ4v) is 1.45. The van der Waals surface area contributed by atoms with E-state index in [0.29, 0.717) is 11.4 Å². The topological polar surface area (TPSA) is 81.2 Å². The molecule has 20 heavy (non-hydrogen) atoms. The van der Waals surface area contributed by atoms with E-state index in [9.17, 15) is 0 Å². The predicted molar refractivity (Wildman–Crippen MR) is 75.2 cm³/mol. The van der Waals surface area contributed by atoms with E-state index in [4.69, 9.17) is 15.3 Å². The molecule has 0 aliphatic carbocycles. The van der Waals surface area contributed by atoms with Crippen molar-refractivity contribution in [3.8, 4) is 23.6 Å². The van der Waals surface area contributed by atoms with Crippen molar-refractivity contribution in [2.75, 3.05) is 5.43 Å². The minimum atomic E-state index is -0.237. The van der Waals surface area contributed by atoms with Crippen LogP contribution < -0.4 is 10.2 Å². The smallest absolute Gasteiger partial charge is 0.237 e. The summed E-state index contributed by atoms with van der Waals surface area (Å²) >= 11 is 0. The van der Waals surface area contributed by atoms with Gasteiger partial charge in [0.15, 0.2) is 0 Å². The Balaban J connectivity index is 2.11. The summed E-state index contributed by atoms with van der Waals surface area (Å²) in [6, 6.07) is 19.8. The molecule has 96 valence electrons. The Morgan fingerprint density at radius 3 is 2.35 bits per heavy atom. The Kier molecular flexibility index (Phi) is 4.32. The van der Waals surface area contributed by atoms with E-state index in [1.165, 1.54) is 0 Å². The van der Waals surface area contributed by atoms with Crippen LogP contribution in [0.1, 0.15) is 0 Å². The summed E-state index contributed by atoms with van der Waals surface area (Å²) in [5.74, 6) is 1.36. The van der Waals surface area contributed by atoms with Gasteiger partial charge in [-0.1, -0.05) is 24.3 Å². The molecule has 2 rings (SSSR count). The molecule has 0 aromatic heterocycles. The largest absolute Gasteiger partial charge is 0.457 e. The first kappa shape index (κ1) is 13.1. The average molecular weight is 262 g/mol. The van der Waals surface area contributed by atoms with Gasteiger partial charge in [0.25, 0.3) is 0 Å². The number of benzene rings is 2. The number of para-hydroxylation sites is 1. The lowest BCUT2D eigenvalue weighted by atomic mass is 10.3. The monoisotopic (exact) mass is 262 g/mol. The Morgan fingerprint density at radius 2 is 1.65 bits per heavy atom. The van der Waals surface area contributed by atoms with Gasteiger partial charge in [0, 0.05) is 6.07 Å². The van der Waals surface area contributed by atoms with E-state index in [0.717, 1.165) is 5.75 Å². The molecule has 0 amide bonds. The van der Waals surface area contributed by atoms with Crippen LogP contribution in [0.5, 0.6) is 11.5 Å². The second-order valence-corrected chi connectivity index (χ2v) is 3.74. The number of ether oxygens (including phenoxy) is 1. The Morgan fingerprint density at radius 1 is 0.950 bits per heavy atom. The van der Waals surface area contributed by atoms with Crippen molar-refractivity contribution in [1.82, 2.24) is 0 Å². The number of nitriles is 2. The minimum Gasteiger partial charge on any atom is -0.457 e. The van der Waals surface area contributed by atoms with Crippen LogP contribution in [-0.4, -0.2) is 5.71 Å². The van der Waals surface area contributed by atoms with E-state index in [2.05, 4.69) is 10.5 Å². The molecular weight excluding hydrogens is 252 g/mol.